The SMILES string of the molecule is CC1(C)c2ccccc2-c2ccc(-c3nc(-c4ccccc4)cc(-c4ccc(-c5c(-c6ccccc6)nn6c(-c7ccccc7)cc7ccccc7c56)cc4)n3)cc21. The Morgan fingerprint density at radius 1 is 0.431 bits per heavy atom. The van der Waals surface area contributed by atoms with E-state index in [1.807, 2.05) is 6.07 Å². The van der Waals surface area contributed by atoms with Gasteiger partial charge >= 0.3 is 0 Å². The summed E-state index contributed by atoms with van der Waals surface area (Å²) in [6.07, 6.45) is 0. The Kier molecular flexibility index (Phi) is 7.80. The lowest BCUT2D eigenvalue weighted by molar-refractivity contribution is 0.660. The smallest absolute Gasteiger partial charge is 0.160 e. The number of aromatic nitrogens is 4. The van der Waals surface area contributed by atoms with Crippen molar-refractivity contribution in [3.8, 4) is 78.7 Å². The first kappa shape index (κ1) is 33.9. The van der Waals surface area contributed by atoms with E-state index >= 15 is 0 Å². The third-order valence-corrected chi connectivity index (χ3v) is 11.8. The summed E-state index contributed by atoms with van der Waals surface area (Å²) in [5, 5.41) is 7.73. The molecular weight excluding hydrogens is 705 g/mol. The molecule has 1 aliphatic rings. The first-order chi connectivity index (χ1) is 28.5. The lowest BCUT2D eigenvalue weighted by atomic mass is 9.82. The van der Waals surface area contributed by atoms with E-state index in [9.17, 15) is 0 Å². The summed E-state index contributed by atoms with van der Waals surface area (Å²) >= 11 is 0. The molecule has 58 heavy (non-hydrogen) atoms. The number of fused-ring (bicyclic) bond motifs is 6. The summed E-state index contributed by atoms with van der Waals surface area (Å²) in [5.74, 6) is 0.712. The van der Waals surface area contributed by atoms with Gasteiger partial charge in [-0.3, -0.25) is 0 Å². The van der Waals surface area contributed by atoms with Gasteiger partial charge < -0.3 is 0 Å². The predicted molar refractivity (Wildman–Crippen MR) is 238 cm³/mol. The van der Waals surface area contributed by atoms with E-state index in [1.54, 1.807) is 0 Å². The monoisotopic (exact) mass is 742 g/mol. The van der Waals surface area contributed by atoms with Crippen LogP contribution in [0.5, 0.6) is 0 Å². The number of hydrogen-bond donors (Lipinski definition) is 0. The second-order valence-corrected chi connectivity index (χ2v) is 15.7. The van der Waals surface area contributed by atoms with Gasteiger partial charge in [0.15, 0.2) is 5.82 Å². The topological polar surface area (TPSA) is 43.1 Å². The molecule has 0 saturated heterocycles. The average Bonchev–Trinajstić information content (AvgIpc) is 3.80. The average molecular weight is 743 g/mol. The van der Waals surface area contributed by atoms with Crippen LogP contribution in [0.15, 0.2) is 194 Å². The Balaban J connectivity index is 1.08. The van der Waals surface area contributed by atoms with E-state index in [0.717, 1.165) is 72.6 Å². The normalized spacial score (nSPS) is 12.8. The zero-order valence-electron chi connectivity index (χ0n) is 32.3. The lowest BCUT2D eigenvalue weighted by Gasteiger charge is -2.21. The molecule has 3 heterocycles. The maximum Gasteiger partial charge on any atom is 0.160 e. The first-order valence-electron chi connectivity index (χ1n) is 19.9. The largest absolute Gasteiger partial charge is 0.231 e. The molecule has 4 heteroatoms. The molecule has 0 saturated carbocycles. The van der Waals surface area contributed by atoms with Crippen LogP contribution < -0.4 is 0 Å². The fourth-order valence-electron chi connectivity index (χ4n) is 8.91. The Morgan fingerprint density at radius 3 is 1.71 bits per heavy atom. The third kappa shape index (κ3) is 5.48. The highest BCUT2D eigenvalue weighted by atomic mass is 15.2. The van der Waals surface area contributed by atoms with Crippen LogP contribution in [0.1, 0.15) is 25.0 Å². The van der Waals surface area contributed by atoms with Crippen molar-refractivity contribution in [3.63, 3.8) is 0 Å². The summed E-state index contributed by atoms with van der Waals surface area (Å²) in [6, 6.07) is 68.8. The van der Waals surface area contributed by atoms with Crippen molar-refractivity contribution in [3.05, 3.63) is 205 Å². The van der Waals surface area contributed by atoms with E-state index in [1.165, 1.54) is 27.6 Å². The minimum atomic E-state index is -0.123. The number of rotatable bonds is 6. The van der Waals surface area contributed by atoms with Crippen molar-refractivity contribution < 1.29 is 0 Å². The molecule has 0 spiro atoms. The van der Waals surface area contributed by atoms with Gasteiger partial charge in [-0.05, 0) is 51.4 Å². The van der Waals surface area contributed by atoms with Crippen molar-refractivity contribution in [2.75, 3.05) is 0 Å². The van der Waals surface area contributed by atoms with Crippen LogP contribution in [-0.4, -0.2) is 19.6 Å². The van der Waals surface area contributed by atoms with Gasteiger partial charge in [-0.15, -0.1) is 0 Å². The van der Waals surface area contributed by atoms with E-state index in [0.29, 0.717) is 5.82 Å². The van der Waals surface area contributed by atoms with Crippen LogP contribution in [-0.2, 0) is 5.41 Å². The standard InChI is InChI=1S/C54H38N4/c1-54(2)45-25-15-14-24-43(45)44-31-30-41(32-46(44)54)53-55-47(35-16-6-3-7-17-35)34-48(56-53)36-26-28-38(29-27-36)50-51(39-20-10-5-11-21-39)57-58-49(37-18-8-4-9-19-37)33-40-22-12-13-23-42(40)52(50)58/h3-34H,1-2H3. The predicted octanol–water partition coefficient (Wildman–Crippen LogP) is 13.6. The number of benzene rings is 7. The van der Waals surface area contributed by atoms with Crippen LogP contribution in [0.25, 0.3) is 95.0 Å². The van der Waals surface area contributed by atoms with Crippen molar-refractivity contribution in [1.82, 2.24) is 19.6 Å². The fourth-order valence-corrected chi connectivity index (χ4v) is 8.91. The summed E-state index contributed by atoms with van der Waals surface area (Å²) in [5.41, 5.74) is 17.4. The Bertz CT molecular complexity index is 3160. The van der Waals surface area contributed by atoms with Crippen molar-refractivity contribution in [2.45, 2.75) is 19.3 Å². The van der Waals surface area contributed by atoms with Gasteiger partial charge in [-0.2, -0.15) is 5.10 Å². The van der Waals surface area contributed by atoms with E-state index < -0.39 is 0 Å². The second-order valence-electron chi connectivity index (χ2n) is 15.7. The molecular formula is C54H38N4. The number of pyridine rings is 1. The van der Waals surface area contributed by atoms with Gasteiger partial charge in [-0.1, -0.05) is 190 Å². The lowest BCUT2D eigenvalue weighted by Crippen LogP contribution is -2.15. The molecule has 1 aliphatic carbocycles. The highest BCUT2D eigenvalue weighted by Crippen LogP contribution is 2.49. The molecule has 0 atom stereocenters. The molecule has 0 bridgehead atoms. The zero-order valence-corrected chi connectivity index (χ0v) is 32.3. The van der Waals surface area contributed by atoms with Crippen LogP contribution in [0, 0.1) is 0 Å². The summed E-state index contributed by atoms with van der Waals surface area (Å²) in [6.45, 7) is 4.63. The fraction of sp³-hybridized carbons (Fsp3) is 0.0556. The van der Waals surface area contributed by atoms with Gasteiger partial charge in [-0.25, -0.2) is 14.5 Å². The molecule has 0 unspecified atom stereocenters. The second kappa shape index (κ2) is 13.4. The molecule has 3 aromatic heterocycles. The van der Waals surface area contributed by atoms with Crippen LogP contribution >= 0.6 is 0 Å². The molecule has 0 fully saturated rings. The van der Waals surface area contributed by atoms with Gasteiger partial charge in [0.1, 0.15) is 5.69 Å². The van der Waals surface area contributed by atoms with Crippen LogP contribution in [0.2, 0.25) is 0 Å². The van der Waals surface area contributed by atoms with Gasteiger partial charge in [0, 0.05) is 44.2 Å². The molecule has 274 valence electrons. The Morgan fingerprint density at radius 2 is 0.983 bits per heavy atom. The highest BCUT2D eigenvalue weighted by Gasteiger charge is 2.35. The number of nitrogens with zero attached hydrogens (tertiary/aromatic N) is 4. The van der Waals surface area contributed by atoms with Gasteiger partial charge in [0.2, 0.25) is 0 Å². The molecule has 0 aliphatic heterocycles. The van der Waals surface area contributed by atoms with E-state index in [2.05, 4.69) is 206 Å². The van der Waals surface area contributed by atoms with E-state index in [4.69, 9.17) is 15.1 Å². The van der Waals surface area contributed by atoms with Crippen LogP contribution in [0.3, 0.4) is 0 Å². The molecule has 0 amide bonds. The summed E-state index contributed by atoms with van der Waals surface area (Å²) in [4.78, 5) is 10.5. The van der Waals surface area contributed by atoms with Gasteiger partial charge in [0.05, 0.1) is 22.6 Å². The van der Waals surface area contributed by atoms with Crippen molar-refractivity contribution in [1.29, 1.82) is 0 Å². The molecule has 11 rings (SSSR count). The third-order valence-electron chi connectivity index (χ3n) is 11.8. The van der Waals surface area contributed by atoms with Crippen molar-refractivity contribution in [2.24, 2.45) is 0 Å². The Labute approximate surface area is 337 Å². The summed E-state index contributed by atoms with van der Waals surface area (Å²) in [7, 11) is 0. The van der Waals surface area contributed by atoms with E-state index in [-0.39, 0.29) is 5.41 Å². The quantitative estimate of drug-likeness (QED) is 0.170. The molecule has 7 aromatic carbocycles. The van der Waals surface area contributed by atoms with Crippen LogP contribution in [0.4, 0.5) is 0 Å². The molecule has 0 radical (unpaired) electrons. The summed E-state index contributed by atoms with van der Waals surface area (Å²) < 4.78 is 2.14. The Hall–Kier alpha value is -7.43. The van der Waals surface area contributed by atoms with Gasteiger partial charge in [0.25, 0.3) is 0 Å². The number of hydrogen-bond acceptors (Lipinski definition) is 3. The van der Waals surface area contributed by atoms with Crippen molar-refractivity contribution >= 4 is 16.3 Å². The zero-order chi connectivity index (χ0) is 38.8. The minimum Gasteiger partial charge on any atom is -0.231 e. The first-order valence-corrected chi connectivity index (χ1v) is 19.9. The maximum atomic E-state index is 5.40. The molecule has 4 nitrogen and oxygen atoms in total. The molecule has 10 aromatic rings. The highest BCUT2D eigenvalue weighted by molar-refractivity contribution is 6.08. The maximum absolute atomic E-state index is 5.40. The minimum absolute atomic E-state index is 0.123. The molecule has 0 N–H and O–H groups in total.